The summed E-state index contributed by atoms with van der Waals surface area (Å²) < 4.78 is 12.2. The van der Waals surface area contributed by atoms with E-state index in [1.807, 2.05) is 50.7 Å². The van der Waals surface area contributed by atoms with E-state index in [0.717, 1.165) is 55.0 Å². The minimum atomic E-state index is -0.287. The summed E-state index contributed by atoms with van der Waals surface area (Å²) in [5.41, 5.74) is 4.28. The molecule has 0 bridgehead atoms. The van der Waals surface area contributed by atoms with E-state index in [1.165, 1.54) is 12.0 Å². The summed E-state index contributed by atoms with van der Waals surface area (Å²) in [6.07, 6.45) is 8.79. The zero-order chi connectivity index (χ0) is 27.0. The Bertz CT molecular complexity index is 1070. The van der Waals surface area contributed by atoms with Gasteiger partial charge in [-0.25, -0.2) is 9.97 Å². The maximum absolute atomic E-state index is 12.2. The van der Waals surface area contributed by atoms with Crippen molar-refractivity contribution in [3.63, 3.8) is 0 Å². The molecule has 1 aliphatic heterocycles. The normalized spacial score (nSPS) is 12.5. The first-order valence-corrected chi connectivity index (χ1v) is 13.6. The first kappa shape index (κ1) is 29.8. The summed E-state index contributed by atoms with van der Waals surface area (Å²) in [7, 11) is 1.58. The van der Waals surface area contributed by atoms with Gasteiger partial charge in [-0.2, -0.15) is 5.10 Å². The van der Waals surface area contributed by atoms with E-state index in [4.69, 9.17) is 19.6 Å². The van der Waals surface area contributed by atoms with Gasteiger partial charge in [0.15, 0.2) is 0 Å². The Morgan fingerprint density at radius 2 is 1.89 bits per heavy atom. The number of aromatic nitrogens is 4. The van der Waals surface area contributed by atoms with Crippen LogP contribution in [0.15, 0.2) is 42.7 Å². The highest BCUT2D eigenvalue weighted by Gasteiger charge is 2.21. The van der Waals surface area contributed by atoms with Crippen LogP contribution in [-0.4, -0.2) is 46.0 Å². The molecule has 8 nitrogen and oxygen atoms in total. The second kappa shape index (κ2) is 16.3. The quantitative estimate of drug-likeness (QED) is 0.331. The molecule has 4 rings (SSSR count). The van der Waals surface area contributed by atoms with Gasteiger partial charge in [0.25, 0.3) is 0 Å². The molecule has 204 valence electrons. The summed E-state index contributed by atoms with van der Waals surface area (Å²) in [4.78, 5) is 21.3. The second-order valence-corrected chi connectivity index (χ2v) is 8.14. The monoisotopic (exact) mass is 511 g/mol. The minimum absolute atomic E-state index is 0. The zero-order valence-electron chi connectivity index (χ0n) is 23.3. The van der Waals surface area contributed by atoms with Crippen LogP contribution >= 0.6 is 0 Å². The third-order valence-corrected chi connectivity index (χ3v) is 5.82. The summed E-state index contributed by atoms with van der Waals surface area (Å²) in [5.74, 6) is 1.31. The highest BCUT2D eigenvalue weighted by Crippen LogP contribution is 2.24. The van der Waals surface area contributed by atoms with Crippen LogP contribution in [0.1, 0.15) is 83.9 Å². The van der Waals surface area contributed by atoms with Crippen LogP contribution in [0.4, 0.5) is 5.82 Å². The topological polar surface area (TPSA) is 91.2 Å². The van der Waals surface area contributed by atoms with Crippen molar-refractivity contribution < 1.29 is 15.7 Å². The van der Waals surface area contributed by atoms with E-state index in [0.29, 0.717) is 12.5 Å². The SMILES string of the molecule is CC.CC.CCOC(=O)C[C@@H](c1ccc(OC)nc1)n1ccc(CCCc2ccc3c(n2)NCCC3)n1.[HH]. The number of nitrogens with one attached hydrogen (secondary N) is 1. The van der Waals surface area contributed by atoms with Gasteiger partial charge in [-0.1, -0.05) is 33.8 Å². The van der Waals surface area contributed by atoms with Crippen LogP contribution in [-0.2, 0) is 28.8 Å². The molecule has 0 fully saturated rings. The molecule has 0 saturated carbocycles. The van der Waals surface area contributed by atoms with Gasteiger partial charge in [0, 0.05) is 32.1 Å². The molecule has 0 saturated heterocycles. The Morgan fingerprint density at radius 1 is 1.11 bits per heavy atom. The second-order valence-electron chi connectivity index (χ2n) is 8.14. The van der Waals surface area contributed by atoms with Crippen molar-refractivity contribution in [2.24, 2.45) is 0 Å². The Labute approximate surface area is 223 Å². The van der Waals surface area contributed by atoms with Gasteiger partial charge >= 0.3 is 5.97 Å². The average molecular weight is 512 g/mol. The standard InChI is InChI=1S/C25H31N5O3.2C2H6.H2/c1-3-33-24(31)16-22(19-10-12-23(32-2)27-17-19)30-15-13-21(29-30)8-4-7-20-11-9-18-6-5-14-26-25(18)28-20;2*1-2;/h9-13,15,17,22H,3-8,14,16H2,1-2H3,(H,26,28);2*1-2H3;1H/t22-;;;/m0.../s1. The molecule has 1 aliphatic rings. The fourth-order valence-electron chi connectivity index (χ4n) is 4.09. The van der Waals surface area contributed by atoms with E-state index in [2.05, 4.69) is 22.4 Å². The first-order chi connectivity index (χ1) is 18.2. The number of rotatable bonds is 10. The maximum Gasteiger partial charge on any atom is 0.308 e. The van der Waals surface area contributed by atoms with Gasteiger partial charge in [-0.05, 0) is 68.4 Å². The lowest BCUT2D eigenvalue weighted by molar-refractivity contribution is -0.143. The molecular formula is C29H45N5O3. The smallest absolute Gasteiger partial charge is 0.308 e. The molecule has 37 heavy (non-hydrogen) atoms. The molecule has 1 atom stereocenters. The van der Waals surface area contributed by atoms with Crippen LogP contribution in [0.25, 0.3) is 0 Å². The highest BCUT2D eigenvalue weighted by atomic mass is 16.5. The number of aryl methyl sites for hydroxylation is 3. The number of nitrogens with zero attached hydrogens (tertiary/aromatic N) is 4. The molecule has 3 aromatic rings. The van der Waals surface area contributed by atoms with Crippen molar-refractivity contribution >= 4 is 11.8 Å². The Kier molecular flexibility index (Phi) is 13.2. The predicted octanol–water partition coefficient (Wildman–Crippen LogP) is 6.06. The van der Waals surface area contributed by atoms with Crippen LogP contribution in [0.5, 0.6) is 5.88 Å². The highest BCUT2D eigenvalue weighted by molar-refractivity contribution is 5.70. The number of carbonyl (C=O) groups is 1. The molecule has 0 radical (unpaired) electrons. The average Bonchev–Trinajstić information content (AvgIpc) is 3.43. The van der Waals surface area contributed by atoms with Crippen LogP contribution in [0.3, 0.4) is 0 Å². The van der Waals surface area contributed by atoms with E-state index in [9.17, 15) is 4.79 Å². The van der Waals surface area contributed by atoms with Crippen molar-refractivity contribution in [3.05, 3.63) is 65.2 Å². The van der Waals surface area contributed by atoms with E-state index in [-0.39, 0.29) is 19.9 Å². The Morgan fingerprint density at radius 3 is 2.59 bits per heavy atom. The minimum Gasteiger partial charge on any atom is -0.481 e. The zero-order valence-corrected chi connectivity index (χ0v) is 23.3. The lowest BCUT2D eigenvalue weighted by Gasteiger charge is -2.17. The van der Waals surface area contributed by atoms with Gasteiger partial charge in [0.05, 0.1) is 31.9 Å². The molecule has 8 heteroatoms. The fourth-order valence-corrected chi connectivity index (χ4v) is 4.09. The van der Waals surface area contributed by atoms with Crippen LogP contribution < -0.4 is 10.1 Å². The van der Waals surface area contributed by atoms with Crippen molar-refractivity contribution in [3.8, 4) is 5.88 Å². The summed E-state index contributed by atoms with van der Waals surface area (Å²) in [5, 5.41) is 8.16. The van der Waals surface area contributed by atoms with Crippen LogP contribution in [0, 0.1) is 0 Å². The summed E-state index contributed by atoms with van der Waals surface area (Å²) in [6, 6.07) is 9.75. The van der Waals surface area contributed by atoms with Crippen molar-refractivity contribution in [1.29, 1.82) is 0 Å². The van der Waals surface area contributed by atoms with Crippen molar-refractivity contribution in [2.75, 3.05) is 25.6 Å². The molecule has 0 spiro atoms. The molecular weight excluding hydrogens is 466 g/mol. The van der Waals surface area contributed by atoms with Gasteiger partial charge < -0.3 is 14.8 Å². The number of methoxy groups -OCH3 is 1. The molecule has 0 aromatic carbocycles. The fraction of sp³-hybridized carbons (Fsp3) is 0.517. The molecule has 4 heterocycles. The van der Waals surface area contributed by atoms with E-state index < -0.39 is 0 Å². The van der Waals surface area contributed by atoms with Gasteiger partial charge in [-0.15, -0.1) is 0 Å². The molecule has 1 N–H and O–H groups in total. The van der Waals surface area contributed by atoms with Gasteiger partial charge in [0.1, 0.15) is 5.82 Å². The Hall–Kier alpha value is -3.42. The lowest BCUT2D eigenvalue weighted by Crippen LogP contribution is -2.18. The van der Waals surface area contributed by atoms with Crippen LogP contribution in [0.2, 0.25) is 0 Å². The number of esters is 1. The van der Waals surface area contributed by atoms with Gasteiger partial charge in [-0.3, -0.25) is 9.48 Å². The van der Waals surface area contributed by atoms with E-state index >= 15 is 0 Å². The third kappa shape index (κ3) is 8.88. The maximum atomic E-state index is 12.2. The number of ether oxygens (including phenoxy) is 2. The molecule has 0 unspecified atom stereocenters. The summed E-state index contributed by atoms with van der Waals surface area (Å²) >= 11 is 0. The third-order valence-electron chi connectivity index (χ3n) is 5.82. The number of pyridine rings is 2. The molecule has 3 aromatic heterocycles. The number of hydrogen-bond donors (Lipinski definition) is 1. The molecule has 0 amide bonds. The predicted molar refractivity (Wildman–Crippen MR) is 150 cm³/mol. The number of hydrogen-bond acceptors (Lipinski definition) is 7. The molecule has 0 aliphatic carbocycles. The van der Waals surface area contributed by atoms with Crippen molar-refractivity contribution in [1.82, 2.24) is 19.7 Å². The first-order valence-electron chi connectivity index (χ1n) is 13.6. The summed E-state index contributed by atoms with van der Waals surface area (Å²) in [6.45, 7) is 11.2. The largest absolute Gasteiger partial charge is 0.481 e. The Balaban J connectivity index is 0.00000138. The number of anilines is 1. The van der Waals surface area contributed by atoms with Crippen molar-refractivity contribution in [2.45, 2.75) is 79.2 Å². The number of carbonyl (C=O) groups excluding carboxylic acids is 1. The lowest BCUT2D eigenvalue weighted by atomic mass is 10.1. The van der Waals surface area contributed by atoms with Gasteiger partial charge in [0.2, 0.25) is 5.88 Å². The number of fused-ring (bicyclic) bond motifs is 1. The van der Waals surface area contributed by atoms with E-state index in [1.54, 1.807) is 26.3 Å².